The first-order valence-electron chi connectivity index (χ1n) is 7.98. The molecule has 2 aromatic rings. The Hall–Kier alpha value is -3.13. The van der Waals surface area contributed by atoms with E-state index < -0.39 is 11.3 Å². The normalized spacial score (nSPS) is 10.6. The first-order valence-corrected chi connectivity index (χ1v) is 7.98. The van der Waals surface area contributed by atoms with Gasteiger partial charge >= 0.3 is 0 Å². The van der Waals surface area contributed by atoms with E-state index in [1.54, 1.807) is 38.1 Å². The number of hydrogen-bond acceptors (Lipinski definition) is 3. The quantitative estimate of drug-likeness (QED) is 0.824. The maximum atomic E-state index is 12.5. The topological polar surface area (TPSA) is 82.0 Å². The van der Waals surface area contributed by atoms with Gasteiger partial charge in [0.05, 0.1) is 11.6 Å². The summed E-state index contributed by atoms with van der Waals surface area (Å²) in [6, 6.07) is 16.3. The minimum Gasteiger partial charge on any atom is -0.351 e. The summed E-state index contributed by atoms with van der Waals surface area (Å²) in [6.45, 7) is 5.52. The van der Waals surface area contributed by atoms with Crippen LogP contribution in [0, 0.1) is 23.7 Å². The molecule has 0 heterocycles. The van der Waals surface area contributed by atoms with Gasteiger partial charge in [0.15, 0.2) is 0 Å². The Balaban J connectivity index is 1.99. The summed E-state index contributed by atoms with van der Waals surface area (Å²) in [7, 11) is 0. The van der Waals surface area contributed by atoms with E-state index in [1.165, 1.54) is 0 Å². The first-order chi connectivity index (χ1) is 11.8. The van der Waals surface area contributed by atoms with E-state index >= 15 is 0 Å². The lowest BCUT2D eigenvalue weighted by atomic mass is 9.90. The van der Waals surface area contributed by atoms with Gasteiger partial charge in [-0.05, 0) is 50.6 Å². The first kappa shape index (κ1) is 18.2. The highest BCUT2D eigenvalue weighted by atomic mass is 16.2. The van der Waals surface area contributed by atoms with Gasteiger partial charge in [0.25, 0.3) is 0 Å². The minimum absolute atomic E-state index is 0.347. The fourth-order valence-electron chi connectivity index (χ4n) is 2.24. The number of carbonyl (C=O) groups excluding carboxylic acids is 2. The van der Waals surface area contributed by atoms with Gasteiger partial charge < -0.3 is 10.6 Å². The van der Waals surface area contributed by atoms with Crippen LogP contribution in [0.4, 0.5) is 5.69 Å². The van der Waals surface area contributed by atoms with Gasteiger partial charge in [-0.2, -0.15) is 5.26 Å². The maximum Gasteiger partial charge on any atom is 0.239 e. The predicted octanol–water partition coefficient (Wildman–Crippen LogP) is 3.15. The zero-order chi connectivity index (χ0) is 18.4. The Bertz CT molecular complexity index is 818. The smallest absolute Gasteiger partial charge is 0.239 e. The molecule has 0 bridgehead atoms. The molecule has 128 valence electrons. The molecule has 0 spiro atoms. The Morgan fingerprint density at radius 3 is 2.36 bits per heavy atom. The van der Waals surface area contributed by atoms with Crippen LogP contribution in [0.5, 0.6) is 0 Å². The molecule has 2 rings (SSSR count). The highest BCUT2D eigenvalue weighted by Crippen LogP contribution is 2.20. The number of nitrogens with zero attached hydrogens (tertiary/aromatic N) is 1. The van der Waals surface area contributed by atoms with Gasteiger partial charge in [0.2, 0.25) is 11.8 Å². The second-order valence-corrected chi connectivity index (χ2v) is 6.44. The SMILES string of the molecule is Cc1cccc(CNC(=O)C(C)(C)C(=O)Nc2ccc(C#N)cc2)c1. The Kier molecular flexibility index (Phi) is 5.56. The predicted molar refractivity (Wildman–Crippen MR) is 96.6 cm³/mol. The summed E-state index contributed by atoms with van der Waals surface area (Å²) in [6.07, 6.45) is 0. The summed E-state index contributed by atoms with van der Waals surface area (Å²) in [5.74, 6) is -0.751. The highest BCUT2D eigenvalue weighted by molar-refractivity contribution is 6.09. The lowest BCUT2D eigenvalue weighted by Crippen LogP contribution is -2.44. The molecule has 0 unspecified atom stereocenters. The molecule has 0 aliphatic rings. The van der Waals surface area contributed by atoms with E-state index in [9.17, 15) is 9.59 Å². The summed E-state index contributed by atoms with van der Waals surface area (Å²) in [4.78, 5) is 24.9. The molecule has 25 heavy (non-hydrogen) atoms. The summed E-state index contributed by atoms with van der Waals surface area (Å²) in [5.41, 5.74) is 1.93. The maximum absolute atomic E-state index is 12.5. The van der Waals surface area contributed by atoms with E-state index in [0.717, 1.165) is 11.1 Å². The van der Waals surface area contributed by atoms with Gasteiger partial charge in [-0.1, -0.05) is 29.8 Å². The van der Waals surface area contributed by atoms with Crippen molar-refractivity contribution in [1.82, 2.24) is 5.32 Å². The average Bonchev–Trinajstić information content (AvgIpc) is 2.60. The molecule has 0 saturated carbocycles. The summed E-state index contributed by atoms with van der Waals surface area (Å²) in [5, 5.41) is 14.3. The van der Waals surface area contributed by atoms with Crippen LogP contribution in [0.15, 0.2) is 48.5 Å². The second kappa shape index (κ2) is 7.63. The lowest BCUT2D eigenvalue weighted by Gasteiger charge is -2.23. The van der Waals surface area contributed by atoms with Crippen molar-refractivity contribution in [3.05, 3.63) is 65.2 Å². The largest absolute Gasteiger partial charge is 0.351 e. The number of carbonyl (C=O) groups is 2. The van der Waals surface area contributed by atoms with Crippen LogP contribution in [0.1, 0.15) is 30.5 Å². The van der Waals surface area contributed by atoms with Crippen LogP contribution in [-0.4, -0.2) is 11.8 Å². The van der Waals surface area contributed by atoms with Crippen molar-refractivity contribution in [1.29, 1.82) is 5.26 Å². The van der Waals surface area contributed by atoms with Crippen LogP contribution >= 0.6 is 0 Å². The molecule has 2 N–H and O–H groups in total. The van der Waals surface area contributed by atoms with E-state index in [2.05, 4.69) is 10.6 Å². The third-order valence-corrected chi connectivity index (χ3v) is 3.94. The molecule has 2 aromatic carbocycles. The van der Waals surface area contributed by atoms with Crippen molar-refractivity contribution in [2.24, 2.45) is 5.41 Å². The monoisotopic (exact) mass is 335 g/mol. The number of nitrogens with one attached hydrogen (secondary N) is 2. The van der Waals surface area contributed by atoms with E-state index in [0.29, 0.717) is 17.8 Å². The van der Waals surface area contributed by atoms with Crippen molar-refractivity contribution in [2.45, 2.75) is 27.3 Å². The minimum atomic E-state index is -1.22. The number of rotatable bonds is 5. The number of aryl methyl sites for hydroxylation is 1. The molecule has 5 nitrogen and oxygen atoms in total. The Morgan fingerprint density at radius 2 is 1.76 bits per heavy atom. The molecular weight excluding hydrogens is 314 g/mol. The number of nitriles is 1. The Morgan fingerprint density at radius 1 is 1.08 bits per heavy atom. The Labute approximate surface area is 147 Å². The van der Waals surface area contributed by atoms with Gasteiger partial charge in [-0.15, -0.1) is 0 Å². The molecular formula is C20H21N3O2. The molecule has 0 aliphatic carbocycles. The third kappa shape index (κ3) is 4.67. The second-order valence-electron chi connectivity index (χ2n) is 6.44. The van der Waals surface area contributed by atoms with E-state index in [4.69, 9.17) is 5.26 Å². The van der Waals surface area contributed by atoms with Crippen molar-refractivity contribution < 1.29 is 9.59 Å². The summed E-state index contributed by atoms with van der Waals surface area (Å²) >= 11 is 0. The molecule has 0 aromatic heterocycles. The molecule has 2 amide bonds. The zero-order valence-electron chi connectivity index (χ0n) is 14.6. The van der Waals surface area contributed by atoms with Crippen molar-refractivity contribution in [2.75, 3.05) is 5.32 Å². The number of anilines is 1. The molecule has 0 saturated heterocycles. The van der Waals surface area contributed by atoms with Gasteiger partial charge in [-0.25, -0.2) is 0 Å². The average molecular weight is 335 g/mol. The van der Waals surface area contributed by atoms with E-state index in [1.807, 2.05) is 37.3 Å². The molecule has 0 aliphatic heterocycles. The van der Waals surface area contributed by atoms with E-state index in [-0.39, 0.29) is 5.91 Å². The highest BCUT2D eigenvalue weighted by Gasteiger charge is 2.35. The number of amides is 2. The van der Waals surface area contributed by atoms with Crippen LogP contribution in [0.2, 0.25) is 0 Å². The van der Waals surface area contributed by atoms with Crippen LogP contribution in [-0.2, 0) is 16.1 Å². The fourth-order valence-corrected chi connectivity index (χ4v) is 2.24. The van der Waals surface area contributed by atoms with Gasteiger partial charge in [-0.3, -0.25) is 9.59 Å². The van der Waals surface area contributed by atoms with Gasteiger partial charge in [0.1, 0.15) is 5.41 Å². The fraction of sp³-hybridized carbons (Fsp3) is 0.250. The van der Waals surface area contributed by atoms with Crippen molar-refractivity contribution in [3.63, 3.8) is 0 Å². The summed E-state index contributed by atoms with van der Waals surface area (Å²) < 4.78 is 0. The van der Waals surface area contributed by atoms with Crippen LogP contribution in [0.3, 0.4) is 0 Å². The van der Waals surface area contributed by atoms with Crippen LogP contribution < -0.4 is 10.6 Å². The number of hydrogen-bond donors (Lipinski definition) is 2. The zero-order valence-corrected chi connectivity index (χ0v) is 14.6. The molecule has 0 radical (unpaired) electrons. The van der Waals surface area contributed by atoms with Crippen LogP contribution in [0.25, 0.3) is 0 Å². The number of benzene rings is 2. The molecule has 0 fully saturated rings. The third-order valence-electron chi connectivity index (χ3n) is 3.94. The van der Waals surface area contributed by atoms with Crippen molar-refractivity contribution >= 4 is 17.5 Å². The standard InChI is InChI=1S/C20H21N3O2/c1-14-5-4-6-16(11-14)13-22-18(24)20(2,3)19(25)23-17-9-7-15(12-21)8-10-17/h4-11H,13H2,1-3H3,(H,22,24)(H,23,25). The molecule has 5 heteroatoms. The van der Waals surface area contributed by atoms with Crippen molar-refractivity contribution in [3.8, 4) is 6.07 Å². The lowest BCUT2D eigenvalue weighted by molar-refractivity contribution is -0.138. The van der Waals surface area contributed by atoms with Gasteiger partial charge in [0, 0.05) is 12.2 Å². The molecule has 0 atom stereocenters.